The van der Waals surface area contributed by atoms with Crippen molar-refractivity contribution in [2.24, 2.45) is 0 Å². The van der Waals surface area contributed by atoms with Gasteiger partial charge in [-0.1, -0.05) is 44.8 Å². The van der Waals surface area contributed by atoms with Gasteiger partial charge in [0, 0.05) is 18.9 Å². The third-order valence-electron chi connectivity index (χ3n) is 4.05. The summed E-state index contributed by atoms with van der Waals surface area (Å²) in [6.07, 6.45) is 22.1. The van der Waals surface area contributed by atoms with Crippen molar-refractivity contribution in [3.05, 3.63) is 24.6 Å². The first-order valence-electron chi connectivity index (χ1n) is 8.82. The molecule has 0 aromatic rings. The molecule has 0 saturated carbocycles. The molecule has 0 bridgehead atoms. The lowest BCUT2D eigenvalue weighted by Gasteiger charge is -2.24. The molecule has 3 nitrogen and oxygen atoms in total. The molecule has 3 heteroatoms. The number of allylic oxidation sites excluding steroid dienone is 2. The summed E-state index contributed by atoms with van der Waals surface area (Å²) in [6.45, 7) is 3.22. The number of aliphatic hydroxyl groups is 1. The minimum absolute atomic E-state index is 0.228. The lowest BCUT2D eigenvalue weighted by molar-refractivity contribution is 0.194. The molecule has 0 spiro atoms. The van der Waals surface area contributed by atoms with Crippen LogP contribution in [0.4, 0.5) is 0 Å². The number of aliphatic hydroxyl groups excluding tert-OH is 1. The van der Waals surface area contributed by atoms with Gasteiger partial charge in [0.05, 0.1) is 12.8 Å². The van der Waals surface area contributed by atoms with Gasteiger partial charge in [0.25, 0.3) is 0 Å². The van der Waals surface area contributed by atoms with Gasteiger partial charge < -0.3 is 15.3 Å². The van der Waals surface area contributed by atoms with Gasteiger partial charge >= 0.3 is 0 Å². The maximum absolute atomic E-state index is 8.99. The first kappa shape index (κ1) is 18.1. The van der Waals surface area contributed by atoms with Crippen LogP contribution in [0.15, 0.2) is 24.6 Å². The van der Waals surface area contributed by atoms with Crippen LogP contribution >= 0.6 is 0 Å². The van der Waals surface area contributed by atoms with Crippen molar-refractivity contribution in [1.82, 2.24) is 10.2 Å². The Kier molecular flexibility index (Phi) is 11.0. The van der Waals surface area contributed by atoms with E-state index in [2.05, 4.69) is 29.3 Å². The molecule has 0 amide bonds. The minimum Gasteiger partial charge on any atom is -0.395 e. The molecule has 0 fully saturated rings. The van der Waals surface area contributed by atoms with Crippen LogP contribution in [0.2, 0.25) is 0 Å². The molecule has 1 atom stereocenters. The van der Waals surface area contributed by atoms with Crippen molar-refractivity contribution >= 4 is 0 Å². The zero-order valence-electron chi connectivity index (χ0n) is 13.8. The van der Waals surface area contributed by atoms with Crippen molar-refractivity contribution < 1.29 is 5.11 Å². The first-order valence-corrected chi connectivity index (χ1v) is 8.82. The summed E-state index contributed by atoms with van der Waals surface area (Å²) in [5.74, 6) is 0. The Hall–Kier alpha value is -0.960. The third kappa shape index (κ3) is 8.82. The number of unbranched alkanes of at least 4 members (excludes halogenated alkanes) is 7. The fourth-order valence-corrected chi connectivity index (χ4v) is 2.75. The van der Waals surface area contributed by atoms with Gasteiger partial charge in [0.15, 0.2) is 0 Å². The second kappa shape index (κ2) is 12.8. The van der Waals surface area contributed by atoms with E-state index in [4.69, 9.17) is 5.11 Å². The Morgan fingerprint density at radius 3 is 2.43 bits per heavy atom. The van der Waals surface area contributed by atoms with Gasteiger partial charge in [-0.25, -0.2) is 0 Å². The normalized spacial score (nSPS) is 17.8. The molecule has 1 heterocycles. The second-order valence-corrected chi connectivity index (χ2v) is 5.92. The fourth-order valence-electron chi connectivity index (χ4n) is 2.75. The number of nitrogens with zero attached hydrogens (tertiary/aromatic N) is 1. The van der Waals surface area contributed by atoms with Gasteiger partial charge in [-0.2, -0.15) is 0 Å². The summed E-state index contributed by atoms with van der Waals surface area (Å²) >= 11 is 0. The van der Waals surface area contributed by atoms with Crippen molar-refractivity contribution in [2.45, 2.75) is 77.3 Å². The molecule has 1 aliphatic heterocycles. The van der Waals surface area contributed by atoms with Crippen LogP contribution in [0.3, 0.4) is 0 Å². The number of rotatable bonds is 13. The highest BCUT2D eigenvalue weighted by atomic mass is 16.3. The number of β-amino-alcohol motifs (C(OH)–C–C–N with tert-alkyl or cyclic N) is 1. The summed E-state index contributed by atoms with van der Waals surface area (Å²) in [6, 6.07) is 0. The molecule has 1 unspecified atom stereocenters. The monoisotopic (exact) mass is 294 g/mol. The molecule has 1 aliphatic rings. The summed E-state index contributed by atoms with van der Waals surface area (Å²) in [5, 5.41) is 12.3. The summed E-state index contributed by atoms with van der Waals surface area (Å²) in [5.41, 5.74) is 0. The third-order valence-corrected chi connectivity index (χ3v) is 4.05. The topological polar surface area (TPSA) is 35.5 Å². The summed E-state index contributed by atoms with van der Waals surface area (Å²) < 4.78 is 0. The maximum atomic E-state index is 8.99. The molecule has 0 aromatic heterocycles. The predicted octanol–water partition coefficient (Wildman–Crippen LogP) is 4.16. The standard InChI is InChI=1S/C18H34N2O/c1-2-3-4-5-6-7-8-9-10-11-12-13-18-19-14-15-20(18)16-17-21/h7-8,14-15,18-19,21H,2-6,9-13,16-17H2,1H3/b8-7+. The van der Waals surface area contributed by atoms with E-state index in [9.17, 15) is 0 Å². The molecule has 0 aromatic carbocycles. The van der Waals surface area contributed by atoms with Crippen LogP contribution in [0, 0.1) is 0 Å². The molecular formula is C18H34N2O. The van der Waals surface area contributed by atoms with Gasteiger partial charge in [0.2, 0.25) is 0 Å². The molecule has 21 heavy (non-hydrogen) atoms. The van der Waals surface area contributed by atoms with Gasteiger partial charge in [-0.15, -0.1) is 0 Å². The van der Waals surface area contributed by atoms with Crippen LogP contribution in [-0.4, -0.2) is 29.3 Å². The molecule has 122 valence electrons. The van der Waals surface area contributed by atoms with Crippen molar-refractivity contribution in [1.29, 1.82) is 0 Å². The summed E-state index contributed by atoms with van der Waals surface area (Å²) in [4.78, 5) is 2.19. The number of hydrogen-bond acceptors (Lipinski definition) is 3. The Bertz CT molecular complexity index is 289. The minimum atomic E-state index is 0.228. The predicted molar refractivity (Wildman–Crippen MR) is 90.8 cm³/mol. The average molecular weight is 294 g/mol. The smallest absolute Gasteiger partial charge is 0.0982 e. The zero-order chi connectivity index (χ0) is 15.2. The van der Waals surface area contributed by atoms with E-state index in [0.717, 1.165) is 13.0 Å². The van der Waals surface area contributed by atoms with Crippen molar-refractivity contribution in [3.8, 4) is 0 Å². The average Bonchev–Trinajstić information content (AvgIpc) is 2.92. The van der Waals surface area contributed by atoms with Gasteiger partial charge in [-0.05, 0) is 38.5 Å². The van der Waals surface area contributed by atoms with E-state index >= 15 is 0 Å². The maximum Gasteiger partial charge on any atom is 0.0982 e. The van der Waals surface area contributed by atoms with E-state index < -0.39 is 0 Å². The van der Waals surface area contributed by atoms with Crippen molar-refractivity contribution in [3.63, 3.8) is 0 Å². The molecule has 0 saturated heterocycles. The Balaban J connectivity index is 1.89. The van der Waals surface area contributed by atoms with Crippen LogP contribution in [0.25, 0.3) is 0 Å². The first-order chi connectivity index (χ1) is 10.4. The molecular weight excluding hydrogens is 260 g/mol. The highest BCUT2D eigenvalue weighted by molar-refractivity contribution is 4.93. The van der Waals surface area contributed by atoms with Crippen molar-refractivity contribution in [2.75, 3.05) is 13.2 Å². The Labute approximate surface area is 131 Å². The van der Waals surface area contributed by atoms with Crippen LogP contribution in [0.1, 0.15) is 71.1 Å². The number of nitrogens with one attached hydrogen (secondary N) is 1. The Morgan fingerprint density at radius 2 is 1.76 bits per heavy atom. The molecule has 2 N–H and O–H groups in total. The lowest BCUT2D eigenvalue weighted by atomic mass is 10.1. The van der Waals surface area contributed by atoms with Crippen LogP contribution in [0.5, 0.6) is 0 Å². The van der Waals surface area contributed by atoms with E-state index in [1.54, 1.807) is 0 Å². The fraction of sp³-hybridized carbons (Fsp3) is 0.778. The highest BCUT2D eigenvalue weighted by Crippen LogP contribution is 2.13. The largest absolute Gasteiger partial charge is 0.395 e. The SMILES string of the molecule is CCCCCC/C=C/CCCCCC1NC=CN1CCO. The van der Waals surface area contributed by atoms with Crippen LogP contribution in [-0.2, 0) is 0 Å². The van der Waals surface area contributed by atoms with Gasteiger partial charge in [-0.3, -0.25) is 0 Å². The van der Waals surface area contributed by atoms with E-state index in [-0.39, 0.29) is 6.61 Å². The Morgan fingerprint density at radius 1 is 1.05 bits per heavy atom. The molecule has 0 radical (unpaired) electrons. The zero-order valence-corrected chi connectivity index (χ0v) is 13.8. The number of hydrogen-bond donors (Lipinski definition) is 2. The van der Waals surface area contributed by atoms with E-state index in [0.29, 0.717) is 6.17 Å². The lowest BCUT2D eigenvalue weighted by Crippen LogP contribution is -2.36. The molecule has 1 rings (SSSR count). The van der Waals surface area contributed by atoms with Gasteiger partial charge in [0.1, 0.15) is 0 Å². The van der Waals surface area contributed by atoms with E-state index in [1.165, 1.54) is 57.8 Å². The molecule has 0 aliphatic carbocycles. The second-order valence-electron chi connectivity index (χ2n) is 5.92. The quantitative estimate of drug-likeness (QED) is 0.395. The van der Waals surface area contributed by atoms with Crippen LogP contribution < -0.4 is 5.32 Å². The van der Waals surface area contributed by atoms with E-state index in [1.807, 2.05) is 12.4 Å². The summed E-state index contributed by atoms with van der Waals surface area (Å²) in [7, 11) is 0. The highest BCUT2D eigenvalue weighted by Gasteiger charge is 2.16.